The van der Waals surface area contributed by atoms with E-state index >= 15 is 0 Å². The number of nitrogens with zero attached hydrogens (tertiary/aromatic N) is 2. The molecule has 0 saturated carbocycles. The molecule has 0 aromatic carbocycles. The molecular formula is C14H25N3S. The molecule has 1 aromatic heterocycles. The summed E-state index contributed by atoms with van der Waals surface area (Å²) < 4.78 is 0. The number of hydrogen-bond acceptors (Lipinski definition) is 4. The molecule has 4 heteroatoms. The fourth-order valence-electron chi connectivity index (χ4n) is 2.84. The fraction of sp³-hybridized carbons (Fsp3) is 0.714. The van der Waals surface area contributed by atoms with Gasteiger partial charge in [0.05, 0.1) is 6.04 Å². The molecule has 0 bridgehead atoms. The first-order chi connectivity index (χ1) is 8.63. The molecule has 2 rings (SSSR count). The van der Waals surface area contributed by atoms with E-state index in [1.54, 1.807) is 11.3 Å². The smallest absolute Gasteiger partial charge is 0.0507 e. The van der Waals surface area contributed by atoms with Crippen LogP contribution in [0.2, 0.25) is 0 Å². The van der Waals surface area contributed by atoms with E-state index in [1.807, 2.05) is 0 Å². The molecule has 3 nitrogen and oxygen atoms in total. The normalized spacial score (nSPS) is 24.6. The van der Waals surface area contributed by atoms with Gasteiger partial charge in [-0.15, -0.1) is 0 Å². The number of nitrogens with two attached hydrogens (primary N) is 1. The molecule has 0 radical (unpaired) electrons. The second-order valence-electron chi connectivity index (χ2n) is 5.47. The molecule has 0 aliphatic carbocycles. The summed E-state index contributed by atoms with van der Waals surface area (Å²) in [6.07, 6.45) is 2.29. The second-order valence-corrected chi connectivity index (χ2v) is 6.25. The van der Waals surface area contributed by atoms with Gasteiger partial charge in [0.15, 0.2) is 0 Å². The number of thiophene rings is 1. The Labute approximate surface area is 115 Å². The highest BCUT2D eigenvalue weighted by Gasteiger charge is 2.32. The van der Waals surface area contributed by atoms with Gasteiger partial charge in [-0.25, -0.2) is 0 Å². The van der Waals surface area contributed by atoms with Crippen LogP contribution in [-0.4, -0.2) is 49.1 Å². The predicted molar refractivity (Wildman–Crippen MR) is 79.0 cm³/mol. The molecule has 3 atom stereocenters. The third-order valence-corrected chi connectivity index (χ3v) is 4.78. The molecule has 1 fully saturated rings. The minimum atomic E-state index is 0.237. The molecule has 0 spiro atoms. The van der Waals surface area contributed by atoms with Crippen molar-refractivity contribution in [1.82, 2.24) is 9.80 Å². The van der Waals surface area contributed by atoms with E-state index in [2.05, 4.69) is 47.6 Å². The molecule has 1 aliphatic heterocycles. The Morgan fingerprint density at radius 2 is 2.33 bits per heavy atom. The van der Waals surface area contributed by atoms with Crippen LogP contribution in [0.1, 0.15) is 31.4 Å². The van der Waals surface area contributed by atoms with Gasteiger partial charge < -0.3 is 10.6 Å². The number of likely N-dealkylation sites (N-methyl/N-ethyl adjacent to an activating group) is 1. The van der Waals surface area contributed by atoms with Crippen LogP contribution in [0.25, 0.3) is 0 Å². The lowest BCUT2D eigenvalue weighted by Gasteiger charge is -2.32. The van der Waals surface area contributed by atoms with Gasteiger partial charge in [-0.3, -0.25) is 4.90 Å². The Hall–Kier alpha value is -0.420. The molecule has 18 heavy (non-hydrogen) atoms. The van der Waals surface area contributed by atoms with Gasteiger partial charge in [-0.05, 0) is 49.3 Å². The SMILES string of the molecule is CCC(N)C(c1ccsc1)N1CCC(N(C)C)C1. The third-order valence-electron chi connectivity index (χ3n) is 4.08. The number of rotatable bonds is 5. The van der Waals surface area contributed by atoms with Gasteiger partial charge in [0.1, 0.15) is 0 Å². The zero-order valence-electron chi connectivity index (χ0n) is 11.7. The quantitative estimate of drug-likeness (QED) is 0.887. The van der Waals surface area contributed by atoms with Crippen molar-refractivity contribution in [3.63, 3.8) is 0 Å². The molecule has 1 aliphatic rings. The summed E-state index contributed by atoms with van der Waals surface area (Å²) in [5.74, 6) is 0. The Morgan fingerprint density at radius 1 is 1.56 bits per heavy atom. The zero-order chi connectivity index (χ0) is 13.1. The van der Waals surface area contributed by atoms with Crippen molar-refractivity contribution in [1.29, 1.82) is 0 Å². The Balaban J connectivity index is 2.11. The summed E-state index contributed by atoms with van der Waals surface area (Å²) in [5, 5.41) is 4.41. The topological polar surface area (TPSA) is 32.5 Å². The highest BCUT2D eigenvalue weighted by Crippen LogP contribution is 2.30. The lowest BCUT2D eigenvalue weighted by Crippen LogP contribution is -2.41. The average molecular weight is 267 g/mol. The van der Waals surface area contributed by atoms with Crippen LogP contribution in [0.15, 0.2) is 16.8 Å². The van der Waals surface area contributed by atoms with Crippen molar-refractivity contribution in [2.45, 2.75) is 37.9 Å². The summed E-state index contributed by atoms with van der Waals surface area (Å²) >= 11 is 1.77. The molecule has 102 valence electrons. The summed E-state index contributed by atoms with van der Waals surface area (Å²) in [7, 11) is 4.35. The molecule has 0 amide bonds. The Kier molecular flexibility index (Phi) is 4.78. The maximum absolute atomic E-state index is 6.36. The second kappa shape index (κ2) is 6.15. The van der Waals surface area contributed by atoms with Gasteiger partial charge in [0.2, 0.25) is 0 Å². The van der Waals surface area contributed by atoms with Crippen molar-refractivity contribution >= 4 is 11.3 Å². The van der Waals surface area contributed by atoms with Crippen LogP contribution < -0.4 is 5.73 Å². The molecule has 1 saturated heterocycles. The van der Waals surface area contributed by atoms with Crippen LogP contribution in [0, 0.1) is 0 Å². The summed E-state index contributed by atoms with van der Waals surface area (Å²) in [4.78, 5) is 4.91. The minimum absolute atomic E-state index is 0.237. The Morgan fingerprint density at radius 3 is 2.83 bits per heavy atom. The van der Waals surface area contributed by atoms with Gasteiger partial charge >= 0.3 is 0 Å². The monoisotopic (exact) mass is 267 g/mol. The van der Waals surface area contributed by atoms with E-state index in [9.17, 15) is 0 Å². The van der Waals surface area contributed by atoms with Crippen LogP contribution >= 0.6 is 11.3 Å². The van der Waals surface area contributed by atoms with Crippen LogP contribution in [-0.2, 0) is 0 Å². The van der Waals surface area contributed by atoms with Crippen LogP contribution in [0.3, 0.4) is 0 Å². The molecule has 2 heterocycles. The average Bonchev–Trinajstić information content (AvgIpc) is 3.00. The number of likely N-dealkylation sites (tertiary alicyclic amines) is 1. The van der Waals surface area contributed by atoms with E-state index in [0.717, 1.165) is 19.5 Å². The van der Waals surface area contributed by atoms with Crippen molar-refractivity contribution in [3.05, 3.63) is 22.4 Å². The summed E-state index contributed by atoms with van der Waals surface area (Å²) in [6.45, 7) is 4.49. The molecular weight excluding hydrogens is 242 g/mol. The summed E-state index contributed by atoms with van der Waals surface area (Å²) in [5.41, 5.74) is 7.76. The lowest BCUT2D eigenvalue weighted by atomic mass is 9.99. The number of hydrogen-bond donors (Lipinski definition) is 1. The molecule has 3 unspecified atom stereocenters. The van der Waals surface area contributed by atoms with E-state index in [4.69, 9.17) is 5.73 Å². The zero-order valence-corrected chi connectivity index (χ0v) is 12.5. The van der Waals surface area contributed by atoms with Crippen molar-refractivity contribution < 1.29 is 0 Å². The van der Waals surface area contributed by atoms with E-state index in [0.29, 0.717) is 12.1 Å². The van der Waals surface area contributed by atoms with Gasteiger partial charge in [-0.2, -0.15) is 11.3 Å². The van der Waals surface area contributed by atoms with Gasteiger partial charge in [0.25, 0.3) is 0 Å². The van der Waals surface area contributed by atoms with Crippen molar-refractivity contribution in [2.75, 3.05) is 27.2 Å². The van der Waals surface area contributed by atoms with E-state index in [-0.39, 0.29) is 6.04 Å². The molecule has 1 aromatic rings. The van der Waals surface area contributed by atoms with Gasteiger partial charge in [0, 0.05) is 25.2 Å². The van der Waals surface area contributed by atoms with Crippen LogP contribution in [0.4, 0.5) is 0 Å². The highest BCUT2D eigenvalue weighted by atomic mass is 32.1. The highest BCUT2D eigenvalue weighted by molar-refractivity contribution is 7.07. The van der Waals surface area contributed by atoms with Crippen molar-refractivity contribution in [2.24, 2.45) is 5.73 Å². The summed E-state index contributed by atoms with van der Waals surface area (Å²) in [6, 6.07) is 3.54. The van der Waals surface area contributed by atoms with Crippen molar-refractivity contribution in [3.8, 4) is 0 Å². The standard InChI is InChI=1S/C14H25N3S/c1-4-13(15)14(11-6-8-18-10-11)17-7-5-12(9-17)16(2)3/h6,8,10,12-14H,4-5,7,9,15H2,1-3H3. The third kappa shape index (κ3) is 2.94. The van der Waals surface area contributed by atoms with Crippen LogP contribution in [0.5, 0.6) is 0 Å². The van der Waals surface area contributed by atoms with E-state index < -0.39 is 0 Å². The van der Waals surface area contributed by atoms with Gasteiger partial charge in [-0.1, -0.05) is 6.92 Å². The first-order valence-corrected chi connectivity index (χ1v) is 7.76. The fourth-order valence-corrected chi connectivity index (χ4v) is 3.53. The largest absolute Gasteiger partial charge is 0.326 e. The first-order valence-electron chi connectivity index (χ1n) is 6.81. The Bertz CT molecular complexity index is 350. The first kappa shape index (κ1) is 14.0. The minimum Gasteiger partial charge on any atom is -0.326 e. The van der Waals surface area contributed by atoms with E-state index in [1.165, 1.54) is 12.0 Å². The maximum Gasteiger partial charge on any atom is 0.0507 e. The molecule has 2 N–H and O–H groups in total. The lowest BCUT2D eigenvalue weighted by molar-refractivity contribution is 0.190. The predicted octanol–water partition coefficient (Wildman–Crippen LogP) is 2.16. The maximum atomic E-state index is 6.36.